The summed E-state index contributed by atoms with van der Waals surface area (Å²) in [4.78, 5) is 10.6. The monoisotopic (exact) mass is 415 g/mol. The van der Waals surface area contributed by atoms with E-state index in [9.17, 15) is 13.6 Å². The van der Waals surface area contributed by atoms with Crippen molar-refractivity contribution in [2.45, 2.75) is 64.2 Å². The van der Waals surface area contributed by atoms with E-state index in [0.29, 0.717) is 37.0 Å². The number of rotatable bonds is 6. The van der Waals surface area contributed by atoms with Gasteiger partial charge in [0.2, 0.25) is 0 Å². The number of halogens is 2. The molecule has 2 saturated carbocycles. The van der Waals surface area contributed by atoms with Gasteiger partial charge in [-0.05, 0) is 82.0 Å². The predicted octanol–water partition coefficient (Wildman–Crippen LogP) is 4.91. The molecule has 0 radical (unpaired) electrons. The average Bonchev–Trinajstić information content (AvgIpc) is 2.77. The van der Waals surface area contributed by atoms with Gasteiger partial charge in [0.25, 0.3) is 0 Å². The molecular weight excluding hydrogens is 380 g/mol. The lowest BCUT2D eigenvalue weighted by Crippen LogP contribution is -2.21. The zero-order valence-electron chi connectivity index (χ0n) is 17.1. The molecule has 2 rings (SSSR count). The van der Waals surface area contributed by atoms with E-state index in [2.05, 4.69) is 0 Å². The number of aliphatic hydroxyl groups is 2. The van der Waals surface area contributed by atoms with Crippen LogP contribution in [0.4, 0.5) is 8.78 Å². The number of allylic oxidation sites excluding steroid dienone is 2. The van der Waals surface area contributed by atoms with Crippen LogP contribution in [0, 0.1) is 35.0 Å². The fourth-order valence-corrected chi connectivity index (χ4v) is 3.78. The smallest absolute Gasteiger partial charge is 0.306 e. The Kier molecular flexibility index (Phi) is 17.1. The largest absolute Gasteiger partial charge is 0.481 e. The summed E-state index contributed by atoms with van der Waals surface area (Å²) in [6.07, 6.45) is 13.8. The third-order valence-electron chi connectivity index (χ3n) is 5.61. The molecule has 2 fully saturated rings. The van der Waals surface area contributed by atoms with Gasteiger partial charge in [-0.1, -0.05) is 12.2 Å². The highest BCUT2D eigenvalue weighted by Gasteiger charge is 2.25. The summed E-state index contributed by atoms with van der Waals surface area (Å²) in [7, 11) is 0. The Morgan fingerprint density at radius 3 is 1.55 bits per heavy atom. The molecule has 0 atom stereocenters. The van der Waals surface area contributed by atoms with Gasteiger partial charge in [-0.3, -0.25) is 4.79 Å². The zero-order valence-corrected chi connectivity index (χ0v) is 17.1. The van der Waals surface area contributed by atoms with Gasteiger partial charge in [-0.15, -0.1) is 0 Å². The molecule has 166 valence electrons. The highest BCUT2D eigenvalue weighted by atomic mass is 19.1. The maximum atomic E-state index is 11.7. The molecule has 2 aliphatic carbocycles. The number of hydrogen-bond donors (Lipinski definition) is 3. The Morgan fingerprint density at radius 2 is 1.24 bits per heavy atom. The van der Waals surface area contributed by atoms with E-state index in [1.54, 1.807) is 6.08 Å². The van der Waals surface area contributed by atoms with Gasteiger partial charge in [0, 0.05) is 6.61 Å². The second-order valence-corrected chi connectivity index (χ2v) is 7.64. The molecule has 29 heavy (non-hydrogen) atoms. The Bertz CT molecular complexity index is 503. The first-order valence-corrected chi connectivity index (χ1v) is 10.3. The second kappa shape index (κ2) is 18.3. The van der Waals surface area contributed by atoms with Crippen molar-refractivity contribution in [2.24, 2.45) is 23.7 Å². The van der Waals surface area contributed by atoms with Crippen molar-refractivity contribution in [3.63, 3.8) is 0 Å². The molecule has 3 N–H and O–H groups in total. The van der Waals surface area contributed by atoms with Crippen LogP contribution in [-0.2, 0) is 4.79 Å². The normalized spacial score (nSPS) is 26.7. The first-order valence-electron chi connectivity index (χ1n) is 10.3. The van der Waals surface area contributed by atoms with Crippen molar-refractivity contribution >= 4 is 5.97 Å². The van der Waals surface area contributed by atoms with Gasteiger partial charge in [-0.2, -0.15) is 5.26 Å². The lowest BCUT2D eigenvalue weighted by atomic mass is 9.81. The van der Waals surface area contributed by atoms with Crippen LogP contribution >= 0.6 is 0 Å². The van der Waals surface area contributed by atoms with Gasteiger partial charge in [0.1, 0.15) is 6.61 Å². The van der Waals surface area contributed by atoms with Gasteiger partial charge in [0.05, 0.1) is 24.6 Å². The molecule has 0 saturated heterocycles. The minimum Gasteiger partial charge on any atom is -0.481 e. The molecule has 5 nitrogen and oxygen atoms in total. The molecule has 0 aromatic rings. The van der Waals surface area contributed by atoms with Crippen LogP contribution in [0.3, 0.4) is 0 Å². The number of carboxylic acid groups (broad SMARTS) is 1. The second-order valence-electron chi connectivity index (χ2n) is 7.64. The molecule has 0 aromatic heterocycles. The summed E-state index contributed by atoms with van der Waals surface area (Å²) in [5.74, 6) is 0.808. The maximum Gasteiger partial charge on any atom is 0.306 e. The standard InChI is InChI=1S/C10H15FO2.C10H17FO.C2H3NO/c11-7-1-2-8-3-5-9(6-4-8)10(12)13;11-7-1-2-9-3-5-10(8-12)6-4-9;3-1-2-4/h1,7-9H,2-6H2,(H,12,13);1,7,9-10,12H,2-6,8H2;4H,2H2/b2*7-1+;. The fraction of sp³-hybridized carbons (Fsp3) is 0.727. The SMILES string of the molecule is N#CCO.O=C(O)C1CCC(C/C=C/F)CC1.OCC1CCC(C/C=C/F)CC1. The van der Waals surface area contributed by atoms with E-state index in [0.717, 1.165) is 64.2 Å². The van der Waals surface area contributed by atoms with E-state index < -0.39 is 5.97 Å². The van der Waals surface area contributed by atoms with Crippen LogP contribution in [0.1, 0.15) is 64.2 Å². The average molecular weight is 416 g/mol. The summed E-state index contributed by atoms with van der Waals surface area (Å²) < 4.78 is 23.3. The molecule has 0 unspecified atom stereocenters. The number of aliphatic hydroxyl groups excluding tert-OH is 2. The molecule has 7 heteroatoms. The van der Waals surface area contributed by atoms with Crippen molar-refractivity contribution in [1.29, 1.82) is 5.26 Å². The van der Waals surface area contributed by atoms with Crippen LogP contribution in [-0.4, -0.2) is 34.5 Å². The Balaban J connectivity index is 0.000000459. The number of carboxylic acids is 1. The number of nitriles is 1. The van der Waals surface area contributed by atoms with Gasteiger partial charge in [-0.25, -0.2) is 8.78 Å². The molecule has 0 bridgehead atoms. The summed E-state index contributed by atoms with van der Waals surface area (Å²) in [5, 5.41) is 32.5. The molecule has 0 aromatic carbocycles. The van der Waals surface area contributed by atoms with E-state index in [1.807, 2.05) is 0 Å². The summed E-state index contributed by atoms with van der Waals surface area (Å²) in [6.45, 7) is -0.0499. The molecule has 2 aliphatic rings. The van der Waals surface area contributed by atoms with Gasteiger partial charge in [0.15, 0.2) is 0 Å². The quantitative estimate of drug-likeness (QED) is 0.535. The number of nitrogens with zero attached hydrogens (tertiary/aromatic N) is 1. The highest BCUT2D eigenvalue weighted by Crippen LogP contribution is 2.31. The summed E-state index contributed by atoms with van der Waals surface area (Å²) >= 11 is 0. The first kappa shape index (κ1) is 27.2. The van der Waals surface area contributed by atoms with Crippen LogP contribution in [0.2, 0.25) is 0 Å². The Hall–Kier alpha value is -1.78. The van der Waals surface area contributed by atoms with Crippen LogP contribution < -0.4 is 0 Å². The third-order valence-corrected chi connectivity index (χ3v) is 5.61. The highest BCUT2D eigenvalue weighted by molar-refractivity contribution is 5.69. The topological polar surface area (TPSA) is 102 Å². The van der Waals surface area contributed by atoms with Crippen LogP contribution in [0.25, 0.3) is 0 Å². The number of aliphatic carboxylic acids is 1. The Morgan fingerprint density at radius 1 is 0.862 bits per heavy atom. The predicted molar refractivity (Wildman–Crippen MR) is 108 cm³/mol. The molecule has 0 heterocycles. The lowest BCUT2D eigenvalue weighted by Gasteiger charge is -2.26. The van der Waals surface area contributed by atoms with Crippen molar-refractivity contribution < 1.29 is 28.9 Å². The lowest BCUT2D eigenvalue weighted by molar-refractivity contribution is -0.143. The molecule has 0 aliphatic heterocycles. The summed E-state index contributed by atoms with van der Waals surface area (Å²) in [5.41, 5.74) is 0. The fourth-order valence-electron chi connectivity index (χ4n) is 3.78. The minimum absolute atomic E-state index is 0.161. The van der Waals surface area contributed by atoms with E-state index in [-0.39, 0.29) is 12.5 Å². The van der Waals surface area contributed by atoms with Gasteiger partial charge < -0.3 is 15.3 Å². The van der Waals surface area contributed by atoms with Crippen molar-refractivity contribution in [3.05, 3.63) is 24.8 Å². The van der Waals surface area contributed by atoms with Crippen LogP contribution in [0.15, 0.2) is 24.8 Å². The zero-order chi connectivity index (χ0) is 21.9. The maximum absolute atomic E-state index is 11.7. The Labute approximate surface area is 172 Å². The molecule has 0 amide bonds. The first-order chi connectivity index (χ1) is 14.0. The van der Waals surface area contributed by atoms with Crippen molar-refractivity contribution in [3.8, 4) is 6.07 Å². The van der Waals surface area contributed by atoms with Gasteiger partial charge >= 0.3 is 5.97 Å². The molecule has 0 spiro atoms. The minimum atomic E-state index is -0.681. The van der Waals surface area contributed by atoms with E-state index in [1.165, 1.54) is 12.1 Å². The van der Waals surface area contributed by atoms with E-state index in [4.69, 9.17) is 20.6 Å². The van der Waals surface area contributed by atoms with E-state index >= 15 is 0 Å². The number of carbonyl (C=O) groups is 1. The molecular formula is C22H35F2NO4. The number of hydrogen-bond acceptors (Lipinski definition) is 4. The van der Waals surface area contributed by atoms with Crippen LogP contribution in [0.5, 0.6) is 0 Å². The van der Waals surface area contributed by atoms with Crippen molar-refractivity contribution in [2.75, 3.05) is 13.2 Å². The summed E-state index contributed by atoms with van der Waals surface area (Å²) in [6, 6.07) is 1.49. The third kappa shape index (κ3) is 13.9. The van der Waals surface area contributed by atoms with Crippen molar-refractivity contribution in [1.82, 2.24) is 0 Å².